The number of ether oxygens (including phenoxy) is 2. The molecule has 0 saturated heterocycles. The molecule has 0 amide bonds. The van der Waals surface area contributed by atoms with Gasteiger partial charge in [-0.2, -0.15) is 0 Å². The highest BCUT2D eigenvalue weighted by molar-refractivity contribution is 5.39. The zero-order valence-electron chi connectivity index (χ0n) is 14.8. The Labute approximate surface area is 152 Å². The predicted octanol–water partition coefficient (Wildman–Crippen LogP) is 2.84. The number of pyridine rings is 1. The van der Waals surface area contributed by atoms with Crippen LogP contribution in [0, 0.1) is 0 Å². The molecule has 3 heterocycles. The molecular weight excluding hydrogens is 328 g/mol. The predicted molar refractivity (Wildman–Crippen MR) is 98.4 cm³/mol. The highest BCUT2D eigenvalue weighted by atomic mass is 16.5. The van der Waals surface area contributed by atoms with Gasteiger partial charge in [-0.05, 0) is 24.3 Å². The summed E-state index contributed by atoms with van der Waals surface area (Å²) in [4.78, 5) is 14.8. The van der Waals surface area contributed by atoms with Gasteiger partial charge in [0.25, 0.3) is 0 Å². The molecule has 1 N–H and O–H groups in total. The first-order valence-corrected chi connectivity index (χ1v) is 8.80. The van der Waals surface area contributed by atoms with Crippen LogP contribution in [0.5, 0.6) is 11.5 Å². The zero-order chi connectivity index (χ0) is 17.8. The summed E-state index contributed by atoms with van der Waals surface area (Å²) in [6.45, 7) is 2.29. The van der Waals surface area contributed by atoms with Crippen molar-refractivity contribution >= 4 is 0 Å². The van der Waals surface area contributed by atoms with E-state index in [0.29, 0.717) is 6.61 Å². The number of fused-ring (bicyclic) bond motifs is 1. The Balaban J connectivity index is 1.50. The molecule has 2 aromatic heterocycles. The van der Waals surface area contributed by atoms with E-state index in [2.05, 4.69) is 25.9 Å². The first kappa shape index (κ1) is 16.6. The smallest absolute Gasteiger partial charge is 0.161 e. The third-order valence-corrected chi connectivity index (χ3v) is 4.70. The lowest BCUT2D eigenvalue weighted by Crippen LogP contribution is -2.39. The van der Waals surface area contributed by atoms with Gasteiger partial charge in [-0.1, -0.05) is 18.2 Å². The molecule has 1 aliphatic heterocycles. The second-order valence-corrected chi connectivity index (χ2v) is 6.21. The Morgan fingerprint density at radius 2 is 1.96 bits per heavy atom. The van der Waals surface area contributed by atoms with Gasteiger partial charge in [0, 0.05) is 31.4 Å². The number of nitrogens with zero attached hydrogens (tertiary/aromatic N) is 3. The highest BCUT2D eigenvalue weighted by Crippen LogP contribution is 2.32. The molecule has 0 spiro atoms. The Morgan fingerprint density at radius 1 is 1.12 bits per heavy atom. The Hall–Kier alpha value is -2.86. The average Bonchev–Trinajstić information content (AvgIpc) is 3.17. The van der Waals surface area contributed by atoms with Gasteiger partial charge in [-0.3, -0.25) is 9.88 Å². The summed E-state index contributed by atoms with van der Waals surface area (Å²) in [7, 11) is 1.66. The molecule has 0 aliphatic carbocycles. The molecule has 1 aliphatic rings. The van der Waals surface area contributed by atoms with Gasteiger partial charge >= 0.3 is 0 Å². The molecule has 4 rings (SSSR count). The monoisotopic (exact) mass is 350 g/mol. The van der Waals surface area contributed by atoms with E-state index in [1.165, 1.54) is 5.69 Å². The van der Waals surface area contributed by atoms with E-state index in [-0.39, 0.29) is 6.04 Å². The number of aromatic nitrogens is 3. The summed E-state index contributed by atoms with van der Waals surface area (Å²) in [5.74, 6) is 1.52. The quantitative estimate of drug-likeness (QED) is 0.741. The molecule has 6 heteroatoms. The lowest BCUT2D eigenvalue weighted by atomic mass is 9.99. The minimum Gasteiger partial charge on any atom is -0.493 e. The summed E-state index contributed by atoms with van der Waals surface area (Å²) >= 11 is 0. The second-order valence-electron chi connectivity index (χ2n) is 6.21. The fourth-order valence-electron chi connectivity index (χ4n) is 3.44. The van der Waals surface area contributed by atoms with Gasteiger partial charge in [0.15, 0.2) is 11.5 Å². The number of imidazole rings is 1. The van der Waals surface area contributed by atoms with E-state index in [1.807, 2.05) is 42.6 Å². The van der Waals surface area contributed by atoms with Crippen molar-refractivity contribution in [2.75, 3.05) is 26.8 Å². The zero-order valence-corrected chi connectivity index (χ0v) is 14.8. The van der Waals surface area contributed by atoms with Gasteiger partial charge in [0.1, 0.15) is 6.61 Å². The van der Waals surface area contributed by atoms with Crippen LogP contribution in [0.25, 0.3) is 0 Å². The van der Waals surface area contributed by atoms with Crippen LogP contribution in [0.15, 0.2) is 55.0 Å². The number of H-pyrrole nitrogens is 1. The molecule has 1 atom stereocenters. The van der Waals surface area contributed by atoms with Gasteiger partial charge in [0.2, 0.25) is 0 Å². The summed E-state index contributed by atoms with van der Waals surface area (Å²) in [5.41, 5.74) is 3.27. The minimum atomic E-state index is 0.0486. The van der Waals surface area contributed by atoms with Crippen molar-refractivity contribution in [2.24, 2.45) is 0 Å². The van der Waals surface area contributed by atoms with E-state index >= 15 is 0 Å². The Bertz CT molecular complexity index is 850. The average molecular weight is 350 g/mol. The van der Waals surface area contributed by atoms with E-state index in [0.717, 1.165) is 42.4 Å². The van der Waals surface area contributed by atoms with Crippen molar-refractivity contribution in [1.29, 1.82) is 0 Å². The minimum absolute atomic E-state index is 0.0486. The first-order chi connectivity index (χ1) is 12.9. The lowest BCUT2D eigenvalue weighted by molar-refractivity contribution is 0.163. The molecule has 1 aromatic carbocycles. The van der Waals surface area contributed by atoms with Crippen molar-refractivity contribution in [3.05, 3.63) is 72.1 Å². The van der Waals surface area contributed by atoms with E-state index in [9.17, 15) is 0 Å². The number of hydrogen-bond donors (Lipinski definition) is 1. The number of para-hydroxylation sites is 2. The van der Waals surface area contributed by atoms with Crippen LogP contribution in [0.1, 0.15) is 23.1 Å². The van der Waals surface area contributed by atoms with Gasteiger partial charge < -0.3 is 14.5 Å². The fourth-order valence-corrected chi connectivity index (χ4v) is 3.44. The number of benzene rings is 1. The molecule has 0 saturated carbocycles. The first-order valence-electron chi connectivity index (χ1n) is 8.80. The SMILES string of the molecule is COc1ccccc1OCCN1CCc2[nH]cnc2[C@H]1c1ccccn1. The van der Waals surface area contributed by atoms with Crippen LogP contribution in [0.2, 0.25) is 0 Å². The second kappa shape index (κ2) is 7.58. The van der Waals surface area contributed by atoms with Crippen molar-refractivity contribution in [2.45, 2.75) is 12.5 Å². The molecule has 0 unspecified atom stereocenters. The van der Waals surface area contributed by atoms with Crippen molar-refractivity contribution < 1.29 is 9.47 Å². The molecule has 0 radical (unpaired) electrons. The van der Waals surface area contributed by atoms with Crippen LogP contribution in [0.3, 0.4) is 0 Å². The van der Waals surface area contributed by atoms with Crippen molar-refractivity contribution in [3.8, 4) is 11.5 Å². The number of nitrogens with one attached hydrogen (secondary N) is 1. The third kappa shape index (κ3) is 3.28. The molecule has 134 valence electrons. The van der Waals surface area contributed by atoms with Crippen molar-refractivity contribution in [3.63, 3.8) is 0 Å². The molecule has 0 fully saturated rings. The summed E-state index contributed by atoms with van der Waals surface area (Å²) in [6.07, 6.45) is 4.56. The molecular formula is C20H22N4O2. The van der Waals surface area contributed by atoms with E-state index in [4.69, 9.17) is 9.47 Å². The highest BCUT2D eigenvalue weighted by Gasteiger charge is 2.31. The number of rotatable bonds is 6. The topological polar surface area (TPSA) is 63.3 Å². The molecule has 26 heavy (non-hydrogen) atoms. The number of methoxy groups -OCH3 is 1. The summed E-state index contributed by atoms with van der Waals surface area (Å²) < 4.78 is 11.3. The Kier molecular flexibility index (Phi) is 4.84. The maximum Gasteiger partial charge on any atom is 0.161 e. The van der Waals surface area contributed by atoms with E-state index in [1.54, 1.807) is 13.4 Å². The maximum atomic E-state index is 5.97. The van der Waals surface area contributed by atoms with E-state index < -0.39 is 0 Å². The van der Waals surface area contributed by atoms with Crippen LogP contribution in [-0.2, 0) is 6.42 Å². The van der Waals surface area contributed by atoms with Crippen LogP contribution in [-0.4, -0.2) is 46.7 Å². The van der Waals surface area contributed by atoms with Crippen LogP contribution in [0.4, 0.5) is 0 Å². The summed E-state index contributed by atoms with van der Waals surface area (Å²) in [5, 5.41) is 0. The lowest BCUT2D eigenvalue weighted by Gasteiger charge is -2.34. The number of aromatic amines is 1. The van der Waals surface area contributed by atoms with Gasteiger partial charge in [0.05, 0.1) is 30.9 Å². The molecule has 6 nitrogen and oxygen atoms in total. The third-order valence-electron chi connectivity index (χ3n) is 4.70. The van der Waals surface area contributed by atoms with Crippen LogP contribution < -0.4 is 9.47 Å². The van der Waals surface area contributed by atoms with Crippen LogP contribution >= 0.6 is 0 Å². The standard InChI is InChI=1S/C20H22N4O2/c1-25-17-7-2-3-8-18(17)26-13-12-24-11-9-15-19(23-14-22-15)20(24)16-6-4-5-10-21-16/h2-8,10,14,20H,9,11-13H2,1H3,(H,22,23)/t20-/m1/s1. The van der Waals surface area contributed by atoms with Gasteiger partial charge in [-0.15, -0.1) is 0 Å². The normalized spacial score (nSPS) is 16.9. The van der Waals surface area contributed by atoms with Crippen molar-refractivity contribution in [1.82, 2.24) is 19.9 Å². The Morgan fingerprint density at radius 3 is 2.77 bits per heavy atom. The molecule has 0 bridgehead atoms. The number of hydrogen-bond acceptors (Lipinski definition) is 5. The fraction of sp³-hybridized carbons (Fsp3) is 0.300. The molecule has 3 aromatic rings. The largest absolute Gasteiger partial charge is 0.493 e. The summed E-state index contributed by atoms with van der Waals surface area (Å²) in [6, 6.07) is 13.8. The maximum absolute atomic E-state index is 5.97. The van der Waals surface area contributed by atoms with Gasteiger partial charge in [-0.25, -0.2) is 4.98 Å².